The Labute approximate surface area is 263 Å². The second kappa shape index (κ2) is 8.31. The lowest BCUT2D eigenvalue weighted by molar-refractivity contribution is 0.661. The molecule has 2 aliphatic rings. The first-order valence-corrected chi connectivity index (χ1v) is 16.1. The van der Waals surface area contributed by atoms with Crippen molar-refractivity contribution in [1.29, 1.82) is 0 Å². The fraction of sp³-hybridized carbons (Fsp3) is 0.136. The molecule has 10 rings (SSSR count). The number of rotatable bonds is 1. The van der Waals surface area contributed by atoms with Crippen LogP contribution in [0, 0.1) is 0 Å². The van der Waals surface area contributed by atoms with Crippen LogP contribution in [0.5, 0.6) is 0 Å². The van der Waals surface area contributed by atoms with Crippen molar-refractivity contribution in [1.82, 2.24) is 4.57 Å². The van der Waals surface area contributed by atoms with Gasteiger partial charge in [-0.3, -0.25) is 0 Å². The van der Waals surface area contributed by atoms with Gasteiger partial charge in [-0.05, 0) is 102 Å². The normalized spacial score (nSPS) is 15.5. The van der Waals surface area contributed by atoms with Gasteiger partial charge >= 0.3 is 0 Å². The number of aromatic nitrogens is 1. The summed E-state index contributed by atoms with van der Waals surface area (Å²) in [6, 6.07) is 48.0. The van der Waals surface area contributed by atoms with Gasteiger partial charge in [0.15, 0.2) is 0 Å². The van der Waals surface area contributed by atoms with Crippen LogP contribution >= 0.6 is 0 Å². The van der Waals surface area contributed by atoms with Crippen LogP contribution in [0.15, 0.2) is 127 Å². The highest BCUT2D eigenvalue weighted by molar-refractivity contribution is 6.16. The van der Waals surface area contributed by atoms with Crippen molar-refractivity contribution in [3.63, 3.8) is 0 Å². The Morgan fingerprint density at radius 3 is 1.33 bits per heavy atom. The summed E-state index contributed by atoms with van der Waals surface area (Å²) >= 11 is 0. The van der Waals surface area contributed by atoms with Gasteiger partial charge in [-0.25, -0.2) is 0 Å². The molecule has 7 aromatic carbocycles. The van der Waals surface area contributed by atoms with E-state index in [0.29, 0.717) is 0 Å². The summed E-state index contributed by atoms with van der Waals surface area (Å²) < 4.78 is 2.51. The molecule has 0 bridgehead atoms. The van der Waals surface area contributed by atoms with Crippen molar-refractivity contribution in [3.8, 4) is 27.9 Å². The van der Waals surface area contributed by atoms with Crippen molar-refractivity contribution in [2.24, 2.45) is 0 Å². The van der Waals surface area contributed by atoms with E-state index in [2.05, 4.69) is 160 Å². The summed E-state index contributed by atoms with van der Waals surface area (Å²) in [7, 11) is 0. The standard InChI is InChI=1S/C44H33N/c1-43(2)35-20-18-26-12-8-10-16-29(26)41(35)33-22-31-32-23-34-38(44(3,4)36-21-19-27-13-9-11-17-30(27)42(34)36)25-40(32)45(39(31)24-37(33)43)28-14-6-5-7-15-28/h5-25H,1-4H3. The maximum Gasteiger partial charge on any atom is 0.0544 e. The summed E-state index contributed by atoms with van der Waals surface area (Å²) in [5, 5.41) is 7.93. The summed E-state index contributed by atoms with van der Waals surface area (Å²) in [5.41, 5.74) is 14.8. The number of para-hydroxylation sites is 1. The number of benzene rings is 7. The molecule has 0 radical (unpaired) electrons. The van der Waals surface area contributed by atoms with Gasteiger partial charge < -0.3 is 4.57 Å². The molecule has 0 amide bonds. The molecule has 0 aliphatic heterocycles. The first kappa shape index (κ1) is 25.2. The van der Waals surface area contributed by atoms with E-state index in [1.54, 1.807) is 0 Å². The quantitative estimate of drug-likeness (QED) is 0.183. The minimum absolute atomic E-state index is 0.0948. The third-order valence-electron chi connectivity index (χ3n) is 11.1. The van der Waals surface area contributed by atoms with Gasteiger partial charge in [0.2, 0.25) is 0 Å². The van der Waals surface area contributed by atoms with E-state index in [0.717, 1.165) is 0 Å². The van der Waals surface area contributed by atoms with E-state index < -0.39 is 0 Å². The highest BCUT2D eigenvalue weighted by Gasteiger charge is 2.39. The lowest BCUT2D eigenvalue weighted by Crippen LogP contribution is -2.15. The van der Waals surface area contributed by atoms with Crippen molar-refractivity contribution < 1.29 is 0 Å². The van der Waals surface area contributed by atoms with Gasteiger partial charge in [0.1, 0.15) is 0 Å². The zero-order valence-electron chi connectivity index (χ0n) is 26.1. The Balaban J connectivity index is 1.37. The average molecular weight is 576 g/mol. The molecule has 1 heterocycles. The zero-order valence-corrected chi connectivity index (χ0v) is 26.1. The maximum absolute atomic E-state index is 2.52. The minimum atomic E-state index is -0.0948. The topological polar surface area (TPSA) is 4.93 Å². The van der Waals surface area contributed by atoms with E-state index in [9.17, 15) is 0 Å². The molecule has 214 valence electrons. The number of hydrogen-bond donors (Lipinski definition) is 0. The SMILES string of the molecule is CC1(C)c2cc3c(cc2-c2c1ccc1ccccc21)c1cc2c(cc1n3-c1ccccc1)C(C)(C)c1ccc3ccccc3c1-2. The van der Waals surface area contributed by atoms with Crippen molar-refractivity contribution in [2.45, 2.75) is 38.5 Å². The molecular formula is C44H33N. The Kier molecular flexibility index (Phi) is 4.66. The molecule has 1 aromatic heterocycles. The highest BCUT2D eigenvalue weighted by Crippen LogP contribution is 2.56. The monoisotopic (exact) mass is 575 g/mol. The Morgan fingerprint density at radius 1 is 0.400 bits per heavy atom. The lowest BCUT2D eigenvalue weighted by atomic mass is 9.81. The zero-order chi connectivity index (χ0) is 30.2. The summed E-state index contributed by atoms with van der Waals surface area (Å²) in [5.74, 6) is 0. The van der Waals surface area contributed by atoms with E-state index in [4.69, 9.17) is 0 Å². The molecule has 0 atom stereocenters. The third-order valence-corrected chi connectivity index (χ3v) is 11.1. The third kappa shape index (κ3) is 3.08. The Hall–Kier alpha value is -5.14. The second-order valence-electron chi connectivity index (χ2n) is 14.2. The van der Waals surface area contributed by atoms with Crippen LogP contribution < -0.4 is 0 Å². The van der Waals surface area contributed by atoms with Crippen LogP contribution in [0.1, 0.15) is 49.9 Å². The predicted molar refractivity (Wildman–Crippen MR) is 191 cm³/mol. The predicted octanol–water partition coefficient (Wildman–Crippen LogP) is 11.7. The molecule has 0 saturated heterocycles. The van der Waals surface area contributed by atoms with Crippen molar-refractivity contribution in [3.05, 3.63) is 150 Å². The summed E-state index contributed by atoms with van der Waals surface area (Å²) in [6.07, 6.45) is 0. The molecule has 45 heavy (non-hydrogen) atoms. The molecule has 0 saturated carbocycles. The van der Waals surface area contributed by atoms with E-state index >= 15 is 0 Å². The second-order valence-corrected chi connectivity index (χ2v) is 14.2. The van der Waals surface area contributed by atoms with Crippen molar-refractivity contribution >= 4 is 43.4 Å². The van der Waals surface area contributed by atoms with Crippen molar-refractivity contribution in [2.75, 3.05) is 0 Å². The van der Waals surface area contributed by atoms with Gasteiger partial charge in [-0.15, -0.1) is 0 Å². The fourth-order valence-electron chi connectivity index (χ4n) is 8.87. The molecular weight excluding hydrogens is 542 g/mol. The highest BCUT2D eigenvalue weighted by atomic mass is 15.0. The van der Waals surface area contributed by atoms with E-state index in [1.165, 1.54) is 93.5 Å². The molecule has 0 unspecified atom stereocenters. The molecule has 0 N–H and O–H groups in total. The molecule has 0 spiro atoms. The number of fused-ring (bicyclic) bond motifs is 13. The molecule has 0 fully saturated rings. The van der Waals surface area contributed by atoms with E-state index in [-0.39, 0.29) is 10.8 Å². The van der Waals surface area contributed by atoms with Crippen LogP contribution in [-0.4, -0.2) is 4.57 Å². The average Bonchev–Trinajstić information content (AvgIpc) is 3.59. The molecule has 1 nitrogen and oxygen atoms in total. The van der Waals surface area contributed by atoms with Crippen LogP contribution in [0.2, 0.25) is 0 Å². The van der Waals surface area contributed by atoms with Crippen LogP contribution in [0.25, 0.3) is 71.3 Å². The van der Waals surface area contributed by atoms with Crippen LogP contribution in [0.4, 0.5) is 0 Å². The minimum Gasteiger partial charge on any atom is -0.309 e. The number of hydrogen-bond acceptors (Lipinski definition) is 0. The smallest absolute Gasteiger partial charge is 0.0544 e. The molecule has 2 aliphatic carbocycles. The Morgan fingerprint density at radius 2 is 0.844 bits per heavy atom. The molecule has 1 heteroatoms. The fourth-order valence-corrected chi connectivity index (χ4v) is 8.87. The van der Waals surface area contributed by atoms with Gasteiger partial charge in [0, 0.05) is 27.3 Å². The van der Waals surface area contributed by atoms with Gasteiger partial charge in [0.25, 0.3) is 0 Å². The number of nitrogens with zero attached hydrogens (tertiary/aromatic N) is 1. The summed E-state index contributed by atoms with van der Waals surface area (Å²) in [6.45, 7) is 9.58. The largest absolute Gasteiger partial charge is 0.309 e. The molecule has 8 aromatic rings. The van der Waals surface area contributed by atoms with Crippen LogP contribution in [-0.2, 0) is 10.8 Å². The maximum atomic E-state index is 2.52. The van der Waals surface area contributed by atoms with Gasteiger partial charge in [-0.1, -0.05) is 119 Å². The summed E-state index contributed by atoms with van der Waals surface area (Å²) in [4.78, 5) is 0. The lowest BCUT2D eigenvalue weighted by Gasteiger charge is -2.22. The van der Waals surface area contributed by atoms with E-state index in [1.807, 2.05) is 0 Å². The Bertz CT molecular complexity index is 2420. The first-order chi connectivity index (χ1) is 21.8. The van der Waals surface area contributed by atoms with Gasteiger partial charge in [0.05, 0.1) is 11.0 Å². The van der Waals surface area contributed by atoms with Crippen LogP contribution in [0.3, 0.4) is 0 Å². The van der Waals surface area contributed by atoms with Gasteiger partial charge in [-0.2, -0.15) is 0 Å². The first-order valence-electron chi connectivity index (χ1n) is 16.1.